The largest absolute Gasteiger partial charge is 0.487 e. The lowest BCUT2D eigenvalue weighted by Crippen LogP contribution is -2.21. The van der Waals surface area contributed by atoms with E-state index in [1.165, 1.54) is 29.8 Å². The molecule has 10 heteroatoms. The van der Waals surface area contributed by atoms with Gasteiger partial charge in [0.15, 0.2) is 0 Å². The number of aromatic nitrogens is 2. The topological polar surface area (TPSA) is 108 Å². The molecule has 0 aliphatic carbocycles. The number of fused-ring (bicyclic) bond motifs is 3. The van der Waals surface area contributed by atoms with Crippen molar-refractivity contribution in [1.29, 1.82) is 0 Å². The number of thiophene rings is 1. The van der Waals surface area contributed by atoms with Crippen molar-refractivity contribution in [3.63, 3.8) is 0 Å². The van der Waals surface area contributed by atoms with E-state index in [0.29, 0.717) is 33.4 Å². The first kappa shape index (κ1) is 24.4. The van der Waals surface area contributed by atoms with Gasteiger partial charge in [-0.3, -0.25) is 0 Å². The maximum atomic E-state index is 13.4. The Bertz CT molecular complexity index is 1550. The molecular formula is C26H21ClFN3O4S. The van der Waals surface area contributed by atoms with Crippen LogP contribution in [0.4, 0.5) is 15.9 Å². The summed E-state index contributed by atoms with van der Waals surface area (Å²) < 4.78 is 20.0. The van der Waals surface area contributed by atoms with Crippen LogP contribution in [0.1, 0.15) is 17.2 Å². The Balaban J connectivity index is 1.40. The van der Waals surface area contributed by atoms with Gasteiger partial charge in [0.25, 0.3) is 0 Å². The predicted octanol–water partition coefficient (Wildman–Crippen LogP) is 5.35. The Morgan fingerprint density at radius 3 is 2.69 bits per heavy atom. The minimum absolute atomic E-state index is 0.184. The van der Waals surface area contributed by atoms with Crippen LogP contribution in [0.2, 0.25) is 5.02 Å². The average Bonchev–Trinajstić information content (AvgIpc) is 3.26. The van der Waals surface area contributed by atoms with Crippen molar-refractivity contribution < 1.29 is 24.4 Å². The van der Waals surface area contributed by atoms with Gasteiger partial charge >= 0.3 is 0 Å². The number of aliphatic hydroxyl groups is 3. The molecule has 2 unspecified atom stereocenters. The summed E-state index contributed by atoms with van der Waals surface area (Å²) in [5.74, 6) is 0.727. The molecule has 5 rings (SSSR count). The molecular weight excluding hydrogens is 505 g/mol. The van der Waals surface area contributed by atoms with Gasteiger partial charge < -0.3 is 25.4 Å². The standard InChI is InChI=1S/C26H21ClFN3O4S/c27-19-10-17(5-7-21(19)35-12-14-2-1-3-16(28)8-14)31-25-23-18-6-4-15(24(34)20(33)11-32)9-22(18)36-26(23)30-13-29-25/h1-10,13,20,24,32-34H,11-12H2,(H,29,30,31). The van der Waals surface area contributed by atoms with Crippen LogP contribution in [-0.2, 0) is 6.61 Å². The Labute approximate surface area is 214 Å². The number of benzene rings is 3. The van der Waals surface area contributed by atoms with Crippen LogP contribution >= 0.6 is 22.9 Å². The second kappa shape index (κ2) is 10.3. The van der Waals surface area contributed by atoms with Crippen molar-refractivity contribution in [3.8, 4) is 5.75 Å². The highest BCUT2D eigenvalue weighted by Crippen LogP contribution is 2.39. The zero-order valence-electron chi connectivity index (χ0n) is 18.7. The van der Waals surface area contributed by atoms with Gasteiger partial charge in [-0.1, -0.05) is 35.9 Å². The van der Waals surface area contributed by atoms with Gasteiger partial charge in [-0.05, 0) is 47.5 Å². The monoisotopic (exact) mass is 525 g/mol. The third-order valence-corrected chi connectivity index (χ3v) is 7.02. The number of halogens is 2. The molecule has 0 fully saturated rings. The lowest BCUT2D eigenvalue weighted by molar-refractivity contribution is -0.0151. The molecule has 3 aromatic carbocycles. The van der Waals surface area contributed by atoms with Crippen LogP contribution in [0.3, 0.4) is 0 Å². The molecule has 0 spiro atoms. The van der Waals surface area contributed by atoms with Crippen molar-refractivity contribution in [2.45, 2.75) is 18.8 Å². The second-order valence-electron chi connectivity index (χ2n) is 8.14. The Kier molecular flexibility index (Phi) is 6.99. The minimum Gasteiger partial charge on any atom is -0.487 e. The van der Waals surface area contributed by atoms with Crippen LogP contribution in [-0.4, -0.2) is 38.0 Å². The number of hydrogen-bond acceptors (Lipinski definition) is 8. The summed E-state index contributed by atoms with van der Waals surface area (Å²) in [6.45, 7) is -0.355. The SMILES string of the molecule is OCC(O)C(O)c1ccc2c(c1)sc1ncnc(Nc3ccc(OCc4cccc(F)c4)c(Cl)c3)c12. The summed E-state index contributed by atoms with van der Waals surface area (Å²) in [4.78, 5) is 9.54. The maximum Gasteiger partial charge on any atom is 0.143 e. The summed E-state index contributed by atoms with van der Waals surface area (Å²) in [6, 6.07) is 16.8. The molecule has 0 bridgehead atoms. The van der Waals surface area contributed by atoms with Crippen molar-refractivity contribution in [2.75, 3.05) is 11.9 Å². The first-order valence-electron chi connectivity index (χ1n) is 11.0. The van der Waals surface area contributed by atoms with Crippen LogP contribution in [0.5, 0.6) is 5.75 Å². The fourth-order valence-electron chi connectivity index (χ4n) is 3.84. The van der Waals surface area contributed by atoms with E-state index in [9.17, 15) is 14.6 Å². The Morgan fingerprint density at radius 1 is 1.06 bits per heavy atom. The molecule has 7 nitrogen and oxygen atoms in total. The summed E-state index contributed by atoms with van der Waals surface area (Å²) in [5.41, 5.74) is 1.89. The molecule has 4 N–H and O–H groups in total. The fraction of sp³-hybridized carbons (Fsp3) is 0.154. The highest BCUT2D eigenvalue weighted by atomic mass is 35.5. The summed E-state index contributed by atoms with van der Waals surface area (Å²) >= 11 is 7.87. The van der Waals surface area contributed by atoms with Crippen LogP contribution < -0.4 is 10.1 Å². The van der Waals surface area contributed by atoms with E-state index in [1.807, 2.05) is 6.07 Å². The third-order valence-electron chi connectivity index (χ3n) is 5.67. The molecule has 5 aromatic rings. The van der Waals surface area contributed by atoms with Crippen molar-refractivity contribution in [3.05, 3.63) is 89.0 Å². The van der Waals surface area contributed by atoms with E-state index >= 15 is 0 Å². The normalized spacial score (nSPS) is 13.1. The van der Waals surface area contributed by atoms with Gasteiger partial charge in [-0.2, -0.15) is 0 Å². The van der Waals surface area contributed by atoms with Crippen molar-refractivity contribution in [2.24, 2.45) is 0 Å². The molecule has 0 saturated heterocycles. The van der Waals surface area contributed by atoms with Crippen LogP contribution in [0.15, 0.2) is 67.0 Å². The maximum absolute atomic E-state index is 13.4. The summed E-state index contributed by atoms with van der Waals surface area (Å²) in [6.07, 6.45) is -1.000. The van der Waals surface area contributed by atoms with Crippen molar-refractivity contribution in [1.82, 2.24) is 9.97 Å². The van der Waals surface area contributed by atoms with Gasteiger partial charge in [-0.15, -0.1) is 11.3 Å². The number of ether oxygens (including phenoxy) is 1. The van der Waals surface area contributed by atoms with E-state index < -0.39 is 18.8 Å². The molecule has 184 valence electrons. The Hall–Kier alpha value is -3.34. The van der Waals surface area contributed by atoms with Gasteiger partial charge in [0.2, 0.25) is 0 Å². The molecule has 0 radical (unpaired) electrons. The van der Waals surface area contributed by atoms with E-state index in [4.69, 9.17) is 21.4 Å². The lowest BCUT2D eigenvalue weighted by atomic mass is 10.0. The minimum atomic E-state index is -1.26. The molecule has 2 heterocycles. The zero-order chi connectivity index (χ0) is 25.2. The lowest BCUT2D eigenvalue weighted by Gasteiger charge is -2.15. The molecule has 2 aromatic heterocycles. The van der Waals surface area contributed by atoms with Gasteiger partial charge in [-0.25, -0.2) is 14.4 Å². The number of rotatable bonds is 8. The summed E-state index contributed by atoms with van der Waals surface area (Å²) in [7, 11) is 0. The molecule has 2 atom stereocenters. The van der Waals surface area contributed by atoms with Crippen molar-refractivity contribution >= 4 is 54.7 Å². The van der Waals surface area contributed by atoms with Gasteiger partial charge in [0, 0.05) is 15.8 Å². The highest BCUT2D eigenvalue weighted by Gasteiger charge is 2.19. The van der Waals surface area contributed by atoms with E-state index in [1.54, 1.807) is 42.5 Å². The third kappa shape index (κ3) is 4.97. The first-order valence-corrected chi connectivity index (χ1v) is 12.2. The molecule has 0 amide bonds. The predicted molar refractivity (Wildman–Crippen MR) is 138 cm³/mol. The smallest absolute Gasteiger partial charge is 0.143 e. The number of nitrogens with one attached hydrogen (secondary N) is 1. The second-order valence-corrected chi connectivity index (χ2v) is 9.58. The zero-order valence-corrected chi connectivity index (χ0v) is 20.3. The fourth-order valence-corrected chi connectivity index (χ4v) is 5.17. The van der Waals surface area contributed by atoms with Gasteiger partial charge in [0.1, 0.15) is 47.4 Å². The van der Waals surface area contributed by atoms with Crippen LogP contribution in [0.25, 0.3) is 20.3 Å². The average molecular weight is 526 g/mol. The van der Waals surface area contributed by atoms with E-state index in [-0.39, 0.29) is 12.4 Å². The number of aliphatic hydroxyl groups excluding tert-OH is 3. The molecule has 36 heavy (non-hydrogen) atoms. The Morgan fingerprint density at radius 2 is 1.92 bits per heavy atom. The molecule has 0 aliphatic heterocycles. The number of anilines is 2. The summed E-state index contributed by atoms with van der Waals surface area (Å²) in [5, 5.41) is 34.5. The number of hydrogen-bond donors (Lipinski definition) is 4. The number of nitrogens with zero attached hydrogens (tertiary/aromatic N) is 2. The van der Waals surface area contributed by atoms with Gasteiger partial charge in [0.05, 0.1) is 17.0 Å². The van der Waals surface area contributed by atoms with Crippen LogP contribution in [0, 0.1) is 5.82 Å². The van der Waals surface area contributed by atoms with E-state index in [0.717, 1.165) is 20.3 Å². The quantitative estimate of drug-likeness (QED) is 0.216. The first-order chi connectivity index (χ1) is 17.4. The molecule has 0 aliphatic rings. The highest BCUT2D eigenvalue weighted by molar-refractivity contribution is 7.25. The molecule has 0 saturated carbocycles. The van der Waals surface area contributed by atoms with E-state index in [2.05, 4.69) is 15.3 Å².